The van der Waals surface area contributed by atoms with Gasteiger partial charge in [-0.1, -0.05) is 0 Å². The van der Waals surface area contributed by atoms with E-state index in [0.29, 0.717) is 23.8 Å². The first-order valence-electron chi connectivity index (χ1n) is 5.02. The third-order valence-corrected chi connectivity index (χ3v) is 1.93. The highest BCUT2D eigenvalue weighted by Gasteiger charge is 2.06. The molecule has 6 heteroatoms. The van der Waals surface area contributed by atoms with Crippen LogP contribution >= 0.6 is 12.4 Å². The van der Waals surface area contributed by atoms with Crippen LogP contribution in [0.25, 0.3) is 0 Å². The van der Waals surface area contributed by atoms with E-state index in [4.69, 9.17) is 15.2 Å². The number of ether oxygens (including phenoxy) is 2. The van der Waals surface area contributed by atoms with Crippen LogP contribution in [0, 0.1) is 0 Å². The van der Waals surface area contributed by atoms with Crippen LogP contribution in [0.5, 0.6) is 11.5 Å². The largest absolute Gasteiger partial charge is 0.493 e. The van der Waals surface area contributed by atoms with Gasteiger partial charge in [-0.25, -0.2) is 0 Å². The molecule has 1 aromatic rings. The first-order valence-corrected chi connectivity index (χ1v) is 5.02. The highest BCUT2D eigenvalue weighted by Crippen LogP contribution is 2.30. The molecule has 0 radical (unpaired) electrons. The lowest BCUT2D eigenvalue weighted by atomic mass is 10.2. The molecule has 0 aliphatic rings. The van der Waals surface area contributed by atoms with Crippen LogP contribution in [0.4, 0.5) is 5.69 Å². The van der Waals surface area contributed by atoms with Gasteiger partial charge in [-0.2, -0.15) is 0 Å². The smallest absolute Gasteiger partial charge is 0.238 e. The Labute approximate surface area is 107 Å². The fraction of sp³-hybridized carbons (Fsp3) is 0.364. The highest BCUT2D eigenvalue weighted by atomic mass is 35.5. The monoisotopic (exact) mass is 260 g/mol. The first kappa shape index (κ1) is 15.5. The molecule has 0 fully saturated rings. The second-order valence-electron chi connectivity index (χ2n) is 3.05. The molecule has 0 unspecified atom stereocenters. The summed E-state index contributed by atoms with van der Waals surface area (Å²) < 4.78 is 10.5. The number of carbonyl (C=O) groups is 1. The number of halogens is 1. The number of anilines is 1. The summed E-state index contributed by atoms with van der Waals surface area (Å²) >= 11 is 0. The number of nitrogens with two attached hydrogens (primary N) is 1. The third kappa shape index (κ3) is 4.50. The van der Waals surface area contributed by atoms with Crippen LogP contribution in [-0.4, -0.2) is 26.2 Å². The average molecular weight is 261 g/mol. The molecule has 0 atom stereocenters. The van der Waals surface area contributed by atoms with Crippen molar-refractivity contribution in [3.63, 3.8) is 0 Å². The molecule has 1 rings (SSSR count). The minimum absolute atomic E-state index is 0. The predicted octanol–water partition coefficient (Wildman–Crippen LogP) is 1.41. The predicted molar refractivity (Wildman–Crippen MR) is 69.1 cm³/mol. The van der Waals surface area contributed by atoms with E-state index in [1.807, 2.05) is 6.92 Å². The number of hydrogen-bond donors (Lipinski definition) is 2. The average Bonchev–Trinajstić information content (AvgIpc) is 2.30. The van der Waals surface area contributed by atoms with Crippen molar-refractivity contribution in [2.45, 2.75) is 6.92 Å². The normalized spacial score (nSPS) is 9.12. The molecule has 5 nitrogen and oxygen atoms in total. The van der Waals surface area contributed by atoms with E-state index < -0.39 is 0 Å². The van der Waals surface area contributed by atoms with Crippen molar-refractivity contribution in [2.75, 3.05) is 25.6 Å². The Kier molecular flexibility index (Phi) is 7.09. The standard InChI is InChI=1S/C11H16N2O3.ClH/c1-3-16-10-6-8(13-11(14)7-12)4-5-9(10)15-2;/h4-6H,3,7,12H2,1-2H3,(H,13,14);1H. The molecule has 0 aliphatic heterocycles. The minimum Gasteiger partial charge on any atom is -0.493 e. The summed E-state index contributed by atoms with van der Waals surface area (Å²) in [7, 11) is 1.57. The maximum Gasteiger partial charge on any atom is 0.238 e. The molecule has 3 N–H and O–H groups in total. The zero-order valence-corrected chi connectivity index (χ0v) is 10.7. The van der Waals surface area contributed by atoms with Crippen LogP contribution in [0.2, 0.25) is 0 Å². The van der Waals surface area contributed by atoms with Gasteiger partial charge in [0.2, 0.25) is 5.91 Å². The highest BCUT2D eigenvalue weighted by molar-refractivity contribution is 5.92. The molecular weight excluding hydrogens is 244 g/mol. The van der Waals surface area contributed by atoms with E-state index in [0.717, 1.165) is 0 Å². The Bertz CT molecular complexity index is 372. The molecule has 1 amide bonds. The van der Waals surface area contributed by atoms with Crippen molar-refractivity contribution in [1.29, 1.82) is 0 Å². The summed E-state index contributed by atoms with van der Waals surface area (Å²) in [5, 5.41) is 2.64. The Morgan fingerprint density at radius 1 is 1.41 bits per heavy atom. The molecule has 0 saturated carbocycles. The number of nitrogens with one attached hydrogen (secondary N) is 1. The van der Waals surface area contributed by atoms with Crippen molar-refractivity contribution in [3.8, 4) is 11.5 Å². The first-order chi connectivity index (χ1) is 7.71. The summed E-state index contributed by atoms with van der Waals surface area (Å²) in [6.45, 7) is 2.37. The van der Waals surface area contributed by atoms with Gasteiger partial charge in [0, 0.05) is 11.8 Å². The van der Waals surface area contributed by atoms with Crippen molar-refractivity contribution in [3.05, 3.63) is 18.2 Å². The number of rotatable bonds is 5. The van der Waals surface area contributed by atoms with Crippen LogP contribution in [0.3, 0.4) is 0 Å². The van der Waals surface area contributed by atoms with Crippen LogP contribution in [0.15, 0.2) is 18.2 Å². The molecule has 96 valence electrons. The fourth-order valence-corrected chi connectivity index (χ4v) is 1.23. The molecule has 0 aliphatic carbocycles. The zero-order valence-electron chi connectivity index (χ0n) is 9.86. The molecule has 1 aromatic carbocycles. The Hall–Kier alpha value is -1.46. The van der Waals surface area contributed by atoms with Crippen molar-refractivity contribution in [2.24, 2.45) is 5.73 Å². The van der Waals surface area contributed by atoms with Crippen molar-refractivity contribution < 1.29 is 14.3 Å². The van der Waals surface area contributed by atoms with E-state index in [9.17, 15) is 4.79 Å². The summed E-state index contributed by atoms with van der Waals surface area (Å²) in [4.78, 5) is 11.1. The molecule has 0 saturated heterocycles. The quantitative estimate of drug-likeness (QED) is 0.840. The Morgan fingerprint density at radius 3 is 2.65 bits per heavy atom. The van der Waals surface area contributed by atoms with E-state index in [1.165, 1.54) is 0 Å². The van der Waals surface area contributed by atoms with E-state index in [2.05, 4.69) is 5.32 Å². The number of methoxy groups -OCH3 is 1. The lowest BCUT2D eigenvalue weighted by molar-refractivity contribution is -0.114. The fourth-order valence-electron chi connectivity index (χ4n) is 1.23. The molecule has 0 bridgehead atoms. The van der Waals surface area contributed by atoms with Crippen molar-refractivity contribution in [1.82, 2.24) is 0 Å². The van der Waals surface area contributed by atoms with Gasteiger partial charge in [-0.05, 0) is 19.1 Å². The lowest BCUT2D eigenvalue weighted by Gasteiger charge is -2.11. The van der Waals surface area contributed by atoms with Crippen molar-refractivity contribution >= 4 is 24.0 Å². The minimum atomic E-state index is -0.243. The van der Waals surface area contributed by atoms with Gasteiger partial charge < -0.3 is 20.5 Å². The second-order valence-corrected chi connectivity index (χ2v) is 3.05. The summed E-state index contributed by atoms with van der Waals surface area (Å²) in [5.41, 5.74) is 5.84. The maximum absolute atomic E-state index is 11.1. The van der Waals surface area contributed by atoms with Gasteiger partial charge in [-0.15, -0.1) is 12.4 Å². The molecule has 0 aromatic heterocycles. The van der Waals surface area contributed by atoms with Gasteiger partial charge in [0.05, 0.1) is 20.3 Å². The van der Waals surface area contributed by atoms with E-state index in [1.54, 1.807) is 25.3 Å². The molecule has 0 heterocycles. The van der Waals surface area contributed by atoms with Gasteiger partial charge in [0.15, 0.2) is 11.5 Å². The second kappa shape index (κ2) is 7.76. The topological polar surface area (TPSA) is 73.6 Å². The molecule has 17 heavy (non-hydrogen) atoms. The molecular formula is C11H17ClN2O3. The number of hydrogen-bond acceptors (Lipinski definition) is 4. The van der Waals surface area contributed by atoms with E-state index >= 15 is 0 Å². The van der Waals surface area contributed by atoms with Crippen LogP contribution < -0.4 is 20.5 Å². The third-order valence-electron chi connectivity index (χ3n) is 1.93. The van der Waals surface area contributed by atoms with Crippen LogP contribution in [0.1, 0.15) is 6.92 Å². The zero-order chi connectivity index (χ0) is 12.0. The Balaban J connectivity index is 0.00000256. The SMILES string of the molecule is CCOc1cc(NC(=O)CN)ccc1OC.Cl. The van der Waals surface area contributed by atoms with Gasteiger partial charge in [-0.3, -0.25) is 4.79 Å². The van der Waals surface area contributed by atoms with Gasteiger partial charge in [0.1, 0.15) is 0 Å². The number of carbonyl (C=O) groups excluding carboxylic acids is 1. The van der Waals surface area contributed by atoms with E-state index in [-0.39, 0.29) is 24.9 Å². The van der Waals surface area contributed by atoms with Crippen LogP contribution in [-0.2, 0) is 4.79 Å². The Morgan fingerprint density at radius 2 is 2.12 bits per heavy atom. The lowest BCUT2D eigenvalue weighted by Crippen LogP contribution is -2.21. The van der Waals surface area contributed by atoms with Gasteiger partial charge >= 0.3 is 0 Å². The van der Waals surface area contributed by atoms with Gasteiger partial charge in [0.25, 0.3) is 0 Å². The maximum atomic E-state index is 11.1. The summed E-state index contributed by atoms with van der Waals surface area (Å²) in [5.74, 6) is 0.986. The number of amides is 1. The summed E-state index contributed by atoms with van der Waals surface area (Å²) in [6.07, 6.45) is 0. The number of benzene rings is 1. The molecule has 0 spiro atoms. The summed E-state index contributed by atoms with van der Waals surface area (Å²) in [6, 6.07) is 5.17.